The molecule has 0 unspecified atom stereocenters. The van der Waals surface area contributed by atoms with Crippen LogP contribution in [0.3, 0.4) is 0 Å². The smallest absolute Gasteiger partial charge is 0.159 e. The van der Waals surface area contributed by atoms with Crippen LogP contribution in [0.25, 0.3) is 0 Å². The maximum atomic E-state index is 13.6. The Hall–Kier alpha value is -2.67. The van der Waals surface area contributed by atoms with E-state index in [1.165, 1.54) is 25.1 Å². The largest absolute Gasteiger partial charge is 0.489 e. The van der Waals surface area contributed by atoms with Crippen LogP contribution in [-0.4, -0.2) is 5.78 Å². The number of carbonyl (C=O) groups excluding carboxylic acids is 1. The molecule has 0 atom stereocenters. The van der Waals surface area contributed by atoms with Gasteiger partial charge in [0.2, 0.25) is 0 Å². The highest BCUT2D eigenvalue weighted by atomic mass is 19.1. The summed E-state index contributed by atoms with van der Waals surface area (Å²) in [6.45, 7) is 1.47. The molecule has 4 heteroatoms. The standard InChI is InChI=1S/C16H12FNO2/c1-11(19)13-3-2-4-15(8-13)20-10-14-7-12(9-18)5-6-16(14)17/h2-8H,10H2,1H3. The van der Waals surface area contributed by atoms with E-state index in [1.54, 1.807) is 24.3 Å². The molecular weight excluding hydrogens is 257 g/mol. The van der Waals surface area contributed by atoms with Gasteiger partial charge in [-0.1, -0.05) is 12.1 Å². The summed E-state index contributed by atoms with van der Waals surface area (Å²) in [5.74, 6) is -0.000656. The molecule has 2 rings (SSSR count). The first kappa shape index (κ1) is 13.8. The van der Waals surface area contributed by atoms with Crippen LogP contribution in [0, 0.1) is 17.1 Å². The molecule has 0 saturated carbocycles. The second-order valence-electron chi connectivity index (χ2n) is 4.29. The Morgan fingerprint density at radius 1 is 1.30 bits per heavy atom. The lowest BCUT2D eigenvalue weighted by Gasteiger charge is -2.08. The van der Waals surface area contributed by atoms with E-state index in [0.29, 0.717) is 22.4 Å². The van der Waals surface area contributed by atoms with Gasteiger partial charge in [-0.3, -0.25) is 4.79 Å². The fourth-order valence-electron chi connectivity index (χ4n) is 1.72. The Balaban J connectivity index is 2.15. The van der Waals surface area contributed by atoms with Crippen molar-refractivity contribution in [3.63, 3.8) is 0 Å². The number of ether oxygens (including phenoxy) is 1. The third-order valence-corrected chi connectivity index (χ3v) is 2.81. The maximum Gasteiger partial charge on any atom is 0.159 e. The fraction of sp³-hybridized carbons (Fsp3) is 0.125. The van der Waals surface area contributed by atoms with Crippen molar-refractivity contribution in [3.8, 4) is 11.8 Å². The van der Waals surface area contributed by atoms with Crippen LogP contribution in [0.15, 0.2) is 42.5 Å². The number of carbonyl (C=O) groups is 1. The summed E-state index contributed by atoms with van der Waals surface area (Å²) in [6, 6.07) is 12.7. The Kier molecular flexibility index (Phi) is 4.11. The van der Waals surface area contributed by atoms with Gasteiger partial charge in [0.1, 0.15) is 18.2 Å². The number of benzene rings is 2. The van der Waals surface area contributed by atoms with E-state index < -0.39 is 5.82 Å². The molecule has 0 bridgehead atoms. The van der Waals surface area contributed by atoms with Crippen molar-refractivity contribution in [2.75, 3.05) is 0 Å². The normalized spacial score (nSPS) is 9.85. The van der Waals surface area contributed by atoms with Gasteiger partial charge < -0.3 is 4.74 Å². The lowest BCUT2D eigenvalue weighted by atomic mass is 10.1. The zero-order valence-corrected chi connectivity index (χ0v) is 10.9. The minimum atomic E-state index is -0.424. The molecule has 2 aromatic carbocycles. The van der Waals surface area contributed by atoms with Gasteiger partial charge in [-0.25, -0.2) is 4.39 Å². The number of hydrogen-bond acceptors (Lipinski definition) is 3. The van der Waals surface area contributed by atoms with Crippen molar-refractivity contribution < 1.29 is 13.9 Å². The number of ketones is 1. The van der Waals surface area contributed by atoms with Crippen LogP contribution >= 0.6 is 0 Å². The number of Topliss-reactive ketones (excluding diaryl/α,β-unsaturated/α-hetero) is 1. The molecule has 0 aliphatic rings. The first-order valence-electron chi connectivity index (χ1n) is 6.02. The number of nitrogens with zero attached hydrogens (tertiary/aromatic N) is 1. The molecule has 100 valence electrons. The van der Waals surface area contributed by atoms with Crippen LogP contribution in [0.1, 0.15) is 28.4 Å². The van der Waals surface area contributed by atoms with Crippen LogP contribution in [-0.2, 0) is 6.61 Å². The van der Waals surface area contributed by atoms with Crippen molar-refractivity contribution in [2.45, 2.75) is 13.5 Å². The Morgan fingerprint density at radius 3 is 2.80 bits per heavy atom. The minimum absolute atomic E-state index is 0.00269. The number of nitriles is 1. The number of halogens is 1. The second-order valence-corrected chi connectivity index (χ2v) is 4.29. The molecule has 0 saturated heterocycles. The van der Waals surface area contributed by atoms with Crippen LogP contribution in [0.2, 0.25) is 0 Å². The van der Waals surface area contributed by atoms with Gasteiger partial charge in [0.25, 0.3) is 0 Å². The summed E-state index contributed by atoms with van der Waals surface area (Å²) in [4.78, 5) is 11.3. The van der Waals surface area contributed by atoms with E-state index in [1.807, 2.05) is 6.07 Å². The topological polar surface area (TPSA) is 50.1 Å². The molecule has 0 radical (unpaired) electrons. The molecule has 0 aliphatic heterocycles. The Labute approximate surface area is 116 Å². The number of rotatable bonds is 4. The summed E-state index contributed by atoms with van der Waals surface area (Å²) < 4.78 is 19.0. The highest BCUT2D eigenvalue weighted by molar-refractivity contribution is 5.94. The van der Waals surface area contributed by atoms with Crippen LogP contribution in [0.5, 0.6) is 5.75 Å². The zero-order valence-electron chi connectivity index (χ0n) is 10.9. The van der Waals surface area contributed by atoms with Gasteiger partial charge in [0, 0.05) is 11.1 Å². The predicted molar refractivity (Wildman–Crippen MR) is 71.9 cm³/mol. The van der Waals surface area contributed by atoms with Crippen molar-refractivity contribution >= 4 is 5.78 Å². The van der Waals surface area contributed by atoms with E-state index >= 15 is 0 Å². The van der Waals surface area contributed by atoms with E-state index in [-0.39, 0.29) is 12.4 Å². The van der Waals surface area contributed by atoms with E-state index in [2.05, 4.69) is 0 Å². The highest BCUT2D eigenvalue weighted by Crippen LogP contribution is 2.17. The van der Waals surface area contributed by atoms with Gasteiger partial charge in [-0.05, 0) is 37.3 Å². The van der Waals surface area contributed by atoms with Crippen molar-refractivity contribution in [1.82, 2.24) is 0 Å². The van der Waals surface area contributed by atoms with Gasteiger partial charge >= 0.3 is 0 Å². The monoisotopic (exact) mass is 269 g/mol. The van der Waals surface area contributed by atoms with Gasteiger partial charge in [-0.15, -0.1) is 0 Å². The molecule has 0 amide bonds. The summed E-state index contributed by atoms with van der Waals surface area (Å²) in [5.41, 5.74) is 1.22. The molecule has 0 N–H and O–H groups in total. The van der Waals surface area contributed by atoms with Crippen LogP contribution < -0.4 is 4.74 Å². The Morgan fingerprint density at radius 2 is 2.10 bits per heavy atom. The van der Waals surface area contributed by atoms with Gasteiger partial charge in [0.05, 0.1) is 11.6 Å². The first-order valence-corrected chi connectivity index (χ1v) is 6.02. The van der Waals surface area contributed by atoms with Gasteiger partial charge in [-0.2, -0.15) is 5.26 Å². The third-order valence-electron chi connectivity index (χ3n) is 2.81. The SMILES string of the molecule is CC(=O)c1cccc(OCc2cc(C#N)ccc2F)c1. The molecular formula is C16H12FNO2. The van der Waals surface area contributed by atoms with E-state index in [0.717, 1.165) is 0 Å². The average molecular weight is 269 g/mol. The molecule has 3 nitrogen and oxygen atoms in total. The maximum absolute atomic E-state index is 13.6. The lowest BCUT2D eigenvalue weighted by Crippen LogP contribution is -2.00. The minimum Gasteiger partial charge on any atom is -0.489 e. The molecule has 0 aliphatic carbocycles. The summed E-state index contributed by atoms with van der Waals surface area (Å²) in [6.07, 6.45) is 0. The third kappa shape index (κ3) is 3.21. The molecule has 0 aromatic heterocycles. The summed E-state index contributed by atoms with van der Waals surface area (Å²) >= 11 is 0. The zero-order chi connectivity index (χ0) is 14.5. The van der Waals surface area contributed by atoms with Crippen molar-refractivity contribution in [2.24, 2.45) is 0 Å². The molecule has 2 aromatic rings. The molecule has 0 fully saturated rings. The Bertz CT molecular complexity index is 689. The first-order chi connectivity index (χ1) is 9.60. The van der Waals surface area contributed by atoms with Gasteiger partial charge in [0.15, 0.2) is 5.78 Å². The molecule has 0 spiro atoms. The van der Waals surface area contributed by atoms with Crippen molar-refractivity contribution in [3.05, 3.63) is 65.0 Å². The summed E-state index contributed by atoms with van der Waals surface area (Å²) in [5, 5.41) is 8.78. The lowest BCUT2D eigenvalue weighted by molar-refractivity contribution is 0.101. The average Bonchev–Trinajstić information content (AvgIpc) is 2.46. The van der Waals surface area contributed by atoms with Crippen LogP contribution in [0.4, 0.5) is 4.39 Å². The molecule has 0 heterocycles. The second kappa shape index (κ2) is 5.98. The van der Waals surface area contributed by atoms with Crippen molar-refractivity contribution in [1.29, 1.82) is 5.26 Å². The predicted octanol–water partition coefficient (Wildman–Crippen LogP) is 3.48. The highest BCUT2D eigenvalue weighted by Gasteiger charge is 2.06. The number of hydrogen-bond donors (Lipinski definition) is 0. The quantitative estimate of drug-likeness (QED) is 0.798. The van der Waals surface area contributed by atoms with E-state index in [4.69, 9.17) is 10.00 Å². The summed E-state index contributed by atoms with van der Waals surface area (Å²) in [7, 11) is 0. The molecule has 20 heavy (non-hydrogen) atoms. The van der Waals surface area contributed by atoms with E-state index in [9.17, 15) is 9.18 Å². The fourth-order valence-corrected chi connectivity index (χ4v) is 1.72.